The van der Waals surface area contributed by atoms with Crippen molar-refractivity contribution in [1.82, 2.24) is 25.4 Å². The third kappa shape index (κ3) is 4.08. The van der Waals surface area contributed by atoms with Crippen LogP contribution in [0.15, 0.2) is 42.7 Å². The summed E-state index contributed by atoms with van der Waals surface area (Å²) in [4.78, 5) is 20.6. The summed E-state index contributed by atoms with van der Waals surface area (Å²) in [6, 6.07) is 10.0. The van der Waals surface area contributed by atoms with E-state index in [1.807, 2.05) is 36.5 Å². The average Bonchev–Trinajstić information content (AvgIpc) is 3.22. The highest BCUT2D eigenvalue weighted by molar-refractivity contribution is 6.30. The third-order valence-corrected chi connectivity index (χ3v) is 6.01. The fourth-order valence-electron chi connectivity index (χ4n) is 4.25. The molecular formula is C22H23ClN6O2. The number of fused-ring (bicyclic) bond motifs is 1. The highest BCUT2D eigenvalue weighted by atomic mass is 35.5. The van der Waals surface area contributed by atoms with Gasteiger partial charge in [-0.25, -0.2) is 9.78 Å². The molecule has 1 atom stereocenters. The maximum Gasteiger partial charge on any atom is 0.412 e. The fraction of sp³-hybridized carbons (Fsp3) is 0.318. The molecule has 1 saturated heterocycles. The van der Waals surface area contributed by atoms with Crippen LogP contribution in [-0.4, -0.2) is 51.9 Å². The zero-order chi connectivity index (χ0) is 21.4. The lowest BCUT2D eigenvalue weighted by molar-refractivity contribution is 0.194. The van der Waals surface area contributed by atoms with Crippen molar-refractivity contribution in [2.75, 3.05) is 24.5 Å². The molecule has 1 fully saturated rings. The normalized spacial score (nSPS) is 19.0. The molecule has 0 unspecified atom stereocenters. The number of H-pyrrole nitrogens is 1. The summed E-state index contributed by atoms with van der Waals surface area (Å²) < 4.78 is 5.22. The molecule has 3 aromatic rings. The number of carbonyl (C=O) groups excluding carboxylic acids is 1. The minimum atomic E-state index is -0.414. The van der Waals surface area contributed by atoms with Crippen molar-refractivity contribution in [1.29, 1.82) is 0 Å². The maximum absolute atomic E-state index is 11.4. The summed E-state index contributed by atoms with van der Waals surface area (Å²) in [5, 5.41) is 10.9. The van der Waals surface area contributed by atoms with Crippen molar-refractivity contribution < 1.29 is 9.53 Å². The van der Waals surface area contributed by atoms with Gasteiger partial charge in [0.15, 0.2) is 0 Å². The van der Waals surface area contributed by atoms with E-state index in [4.69, 9.17) is 16.3 Å². The van der Waals surface area contributed by atoms with Crippen molar-refractivity contribution >= 4 is 23.5 Å². The Morgan fingerprint density at radius 1 is 1.26 bits per heavy atom. The SMILES string of the molecule is C[C@@H]1CN(Cc2c[nH]nc2-c2ccc3c(c2)CNC(=O)O3)CCN1c1ccc(Cl)cn1. The van der Waals surface area contributed by atoms with E-state index in [9.17, 15) is 4.79 Å². The smallest absolute Gasteiger partial charge is 0.410 e. The summed E-state index contributed by atoms with van der Waals surface area (Å²) >= 11 is 5.98. The number of piperazine rings is 1. The number of halogens is 1. The van der Waals surface area contributed by atoms with Gasteiger partial charge in [-0.3, -0.25) is 10.00 Å². The zero-order valence-corrected chi connectivity index (χ0v) is 17.9. The van der Waals surface area contributed by atoms with Crippen LogP contribution in [0.3, 0.4) is 0 Å². The largest absolute Gasteiger partial charge is 0.412 e. The quantitative estimate of drug-likeness (QED) is 0.649. The van der Waals surface area contributed by atoms with Crippen molar-refractivity contribution in [3.63, 3.8) is 0 Å². The number of aromatic nitrogens is 3. The number of pyridine rings is 1. The molecule has 8 nitrogen and oxygen atoms in total. The molecule has 9 heteroatoms. The number of hydrogen-bond acceptors (Lipinski definition) is 6. The van der Waals surface area contributed by atoms with Gasteiger partial charge in [0.25, 0.3) is 0 Å². The summed E-state index contributed by atoms with van der Waals surface area (Å²) in [5.41, 5.74) is 4.02. The van der Waals surface area contributed by atoms with Crippen LogP contribution in [0.5, 0.6) is 5.75 Å². The van der Waals surface area contributed by atoms with E-state index in [2.05, 4.69) is 37.2 Å². The molecule has 2 N–H and O–H groups in total. The molecule has 2 aliphatic heterocycles. The zero-order valence-electron chi connectivity index (χ0n) is 17.1. The molecule has 1 aromatic carbocycles. The molecular weight excluding hydrogens is 416 g/mol. The van der Waals surface area contributed by atoms with Crippen LogP contribution in [0.25, 0.3) is 11.3 Å². The first kappa shape index (κ1) is 19.8. The van der Waals surface area contributed by atoms with Gasteiger partial charge in [-0.2, -0.15) is 5.10 Å². The maximum atomic E-state index is 11.4. The summed E-state index contributed by atoms with van der Waals surface area (Å²) in [6.45, 7) is 6.25. The van der Waals surface area contributed by atoms with Gasteiger partial charge in [-0.1, -0.05) is 11.6 Å². The van der Waals surface area contributed by atoms with Gasteiger partial charge >= 0.3 is 6.09 Å². The average molecular weight is 439 g/mol. The summed E-state index contributed by atoms with van der Waals surface area (Å²) in [5.74, 6) is 1.56. The van der Waals surface area contributed by atoms with Gasteiger partial charge in [-0.15, -0.1) is 0 Å². The van der Waals surface area contributed by atoms with Crippen LogP contribution < -0.4 is 15.0 Å². The first-order valence-corrected chi connectivity index (χ1v) is 10.7. The third-order valence-electron chi connectivity index (χ3n) is 5.79. The lowest BCUT2D eigenvalue weighted by atomic mass is 10.0. The molecule has 0 radical (unpaired) electrons. The van der Waals surface area contributed by atoms with Crippen molar-refractivity contribution in [3.8, 4) is 17.0 Å². The number of benzene rings is 1. The van der Waals surface area contributed by atoms with Gasteiger partial charge < -0.3 is 15.0 Å². The Bertz CT molecular complexity index is 1100. The van der Waals surface area contributed by atoms with E-state index in [0.717, 1.165) is 54.4 Å². The number of hydrogen-bond donors (Lipinski definition) is 2. The molecule has 2 aromatic heterocycles. The first-order valence-electron chi connectivity index (χ1n) is 10.3. The Labute approximate surface area is 185 Å². The number of aromatic amines is 1. The van der Waals surface area contributed by atoms with Crippen molar-refractivity contribution in [3.05, 3.63) is 58.9 Å². The van der Waals surface area contributed by atoms with E-state index in [0.29, 0.717) is 23.4 Å². The van der Waals surface area contributed by atoms with Gasteiger partial charge in [0.1, 0.15) is 11.6 Å². The molecule has 0 saturated carbocycles. The Kier molecular flexibility index (Phi) is 5.25. The molecule has 160 valence electrons. The van der Waals surface area contributed by atoms with E-state index >= 15 is 0 Å². The van der Waals surface area contributed by atoms with Gasteiger partial charge in [0, 0.05) is 67.8 Å². The molecule has 1 amide bonds. The standard InChI is InChI=1S/C22H23ClN6O2/c1-14-12-28(6-7-29(14)20-5-3-18(23)11-24-20)13-17-10-26-27-21(17)15-2-4-19-16(8-15)9-25-22(30)31-19/h2-5,8,10-11,14H,6-7,9,12-13H2,1H3,(H,25,30)(H,26,27)/t14-/m1/s1. The minimum absolute atomic E-state index is 0.335. The summed E-state index contributed by atoms with van der Waals surface area (Å²) in [7, 11) is 0. The summed E-state index contributed by atoms with van der Waals surface area (Å²) in [6.07, 6.45) is 3.25. The number of ether oxygens (including phenoxy) is 1. The van der Waals surface area contributed by atoms with Crippen LogP contribution in [0.2, 0.25) is 5.02 Å². The molecule has 31 heavy (non-hydrogen) atoms. The van der Waals surface area contributed by atoms with Crippen LogP contribution in [0.1, 0.15) is 18.1 Å². The predicted molar refractivity (Wildman–Crippen MR) is 118 cm³/mol. The fourth-order valence-corrected chi connectivity index (χ4v) is 4.36. The Morgan fingerprint density at radius 3 is 2.97 bits per heavy atom. The van der Waals surface area contributed by atoms with E-state index in [1.54, 1.807) is 6.20 Å². The molecule has 5 rings (SSSR count). The van der Waals surface area contributed by atoms with Crippen LogP contribution in [0, 0.1) is 0 Å². The number of rotatable bonds is 4. The molecule has 2 aliphatic rings. The van der Waals surface area contributed by atoms with Gasteiger partial charge in [-0.05, 0) is 37.3 Å². The van der Waals surface area contributed by atoms with E-state index in [-0.39, 0.29) is 0 Å². The highest BCUT2D eigenvalue weighted by Crippen LogP contribution is 2.30. The second-order valence-corrected chi connectivity index (χ2v) is 8.37. The van der Waals surface area contributed by atoms with Gasteiger partial charge in [0.05, 0.1) is 10.7 Å². The van der Waals surface area contributed by atoms with Crippen LogP contribution >= 0.6 is 11.6 Å². The van der Waals surface area contributed by atoms with Gasteiger partial charge in [0.2, 0.25) is 0 Å². The lowest BCUT2D eigenvalue weighted by Gasteiger charge is -2.40. The number of carbonyl (C=O) groups is 1. The van der Waals surface area contributed by atoms with Crippen molar-refractivity contribution in [2.24, 2.45) is 0 Å². The monoisotopic (exact) mass is 438 g/mol. The van der Waals surface area contributed by atoms with Crippen molar-refractivity contribution in [2.45, 2.75) is 26.1 Å². The van der Waals surface area contributed by atoms with Crippen LogP contribution in [-0.2, 0) is 13.1 Å². The lowest BCUT2D eigenvalue weighted by Crippen LogP contribution is -2.51. The number of amides is 1. The molecule has 4 heterocycles. The van der Waals surface area contributed by atoms with Crippen LogP contribution in [0.4, 0.5) is 10.6 Å². The molecule has 0 spiro atoms. The second-order valence-electron chi connectivity index (χ2n) is 7.94. The number of nitrogens with zero attached hydrogens (tertiary/aromatic N) is 4. The molecule has 0 bridgehead atoms. The Hall–Kier alpha value is -3.10. The minimum Gasteiger partial charge on any atom is -0.410 e. The molecule has 0 aliphatic carbocycles. The number of nitrogens with one attached hydrogen (secondary N) is 2. The van der Waals surface area contributed by atoms with E-state index in [1.165, 1.54) is 0 Å². The second kappa shape index (κ2) is 8.20. The Morgan fingerprint density at radius 2 is 2.16 bits per heavy atom. The predicted octanol–water partition coefficient (Wildman–Crippen LogP) is 3.44. The topological polar surface area (TPSA) is 86.4 Å². The Balaban J connectivity index is 1.29. The van der Waals surface area contributed by atoms with E-state index < -0.39 is 6.09 Å². The first-order chi connectivity index (χ1) is 15.1. The number of anilines is 1. The highest BCUT2D eigenvalue weighted by Gasteiger charge is 2.26.